The molecule has 4 rings (SSSR count). The van der Waals surface area contributed by atoms with Gasteiger partial charge in [-0.15, -0.1) is 0 Å². The largest absolute Gasteiger partial charge is 0.507 e. The summed E-state index contributed by atoms with van der Waals surface area (Å²) in [6.45, 7) is 1.82. The fourth-order valence-corrected chi connectivity index (χ4v) is 3.41. The molecule has 0 atom stereocenters. The van der Waals surface area contributed by atoms with Gasteiger partial charge in [0.2, 0.25) is 5.13 Å². The minimum absolute atomic E-state index is 0.0175. The van der Waals surface area contributed by atoms with E-state index in [4.69, 9.17) is 4.42 Å². The number of hydrazone groups is 1. The molecule has 0 amide bonds. The second-order valence-corrected chi connectivity index (χ2v) is 6.51. The van der Waals surface area contributed by atoms with Gasteiger partial charge in [-0.05, 0) is 36.8 Å². The van der Waals surface area contributed by atoms with Gasteiger partial charge in [0, 0.05) is 11.5 Å². The summed E-state index contributed by atoms with van der Waals surface area (Å²) in [6, 6.07) is 12.5. The van der Waals surface area contributed by atoms with Gasteiger partial charge in [0.05, 0.1) is 22.0 Å². The SMILES string of the molecule is Cc1cc(=O)oc2c(/C=N\Nc3nc4ccccc4s3)c(O)ccc12. The molecule has 2 aromatic carbocycles. The number of aryl methyl sites for hydroxylation is 1. The van der Waals surface area contributed by atoms with Crippen molar-refractivity contribution in [1.29, 1.82) is 0 Å². The average Bonchev–Trinajstić information content (AvgIpc) is 2.99. The number of hydrogen-bond donors (Lipinski definition) is 2. The second-order valence-electron chi connectivity index (χ2n) is 5.48. The summed E-state index contributed by atoms with van der Waals surface area (Å²) in [5.74, 6) is -0.0175. The van der Waals surface area contributed by atoms with Crippen LogP contribution in [0.25, 0.3) is 21.2 Å². The summed E-state index contributed by atoms with van der Waals surface area (Å²) >= 11 is 1.47. The van der Waals surface area contributed by atoms with Crippen molar-refractivity contribution in [2.75, 3.05) is 5.43 Å². The Morgan fingerprint density at radius 1 is 1.28 bits per heavy atom. The number of thiazole rings is 1. The molecule has 0 bridgehead atoms. The molecule has 0 saturated carbocycles. The highest BCUT2D eigenvalue weighted by atomic mass is 32.1. The zero-order chi connectivity index (χ0) is 17.4. The zero-order valence-corrected chi connectivity index (χ0v) is 14.0. The highest BCUT2D eigenvalue weighted by Gasteiger charge is 2.10. The molecule has 0 aliphatic rings. The lowest BCUT2D eigenvalue weighted by molar-refractivity contribution is 0.472. The number of rotatable bonds is 3. The molecular formula is C18H13N3O3S. The van der Waals surface area contributed by atoms with Crippen LogP contribution in [0.1, 0.15) is 11.1 Å². The quantitative estimate of drug-likeness (QED) is 0.332. The molecule has 0 radical (unpaired) electrons. The first-order chi connectivity index (χ1) is 12.1. The fourth-order valence-electron chi connectivity index (χ4n) is 2.59. The minimum atomic E-state index is -0.468. The molecule has 2 aromatic heterocycles. The van der Waals surface area contributed by atoms with E-state index in [-0.39, 0.29) is 5.75 Å². The molecule has 2 N–H and O–H groups in total. The zero-order valence-electron chi connectivity index (χ0n) is 13.2. The maximum absolute atomic E-state index is 11.6. The summed E-state index contributed by atoms with van der Waals surface area (Å²) in [6.07, 6.45) is 1.42. The van der Waals surface area contributed by atoms with Crippen molar-refractivity contribution in [3.63, 3.8) is 0 Å². The van der Waals surface area contributed by atoms with E-state index in [9.17, 15) is 9.90 Å². The Morgan fingerprint density at radius 3 is 2.96 bits per heavy atom. The van der Waals surface area contributed by atoms with Crippen molar-refractivity contribution < 1.29 is 9.52 Å². The smallest absolute Gasteiger partial charge is 0.336 e. The molecule has 124 valence electrons. The summed E-state index contributed by atoms with van der Waals surface area (Å²) in [7, 11) is 0. The van der Waals surface area contributed by atoms with Crippen molar-refractivity contribution >= 4 is 43.9 Å². The molecule has 0 fully saturated rings. The van der Waals surface area contributed by atoms with Crippen molar-refractivity contribution in [1.82, 2.24) is 4.98 Å². The maximum atomic E-state index is 11.6. The summed E-state index contributed by atoms with van der Waals surface area (Å²) < 4.78 is 6.31. The summed E-state index contributed by atoms with van der Waals surface area (Å²) in [4.78, 5) is 16.1. The van der Waals surface area contributed by atoms with Crippen LogP contribution in [-0.2, 0) is 0 Å². The topological polar surface area (TPSA) is 87.7 Å². The Hall–Kier alpha value is -3.19. The van der Waals surface area contributed by atoms with Gasteiger partial charge in [-0.25, -0.2) is 9.78 Å². The number of aromatic hydroxyl groups is 1. The Kier molecular flexibility index (Phi) is 3.70. The molecule has 0 spiro atoms. The third-order valence-corrected chi connectivity index (χ3v) is 4.72. The molecular weight excluding hydrogens is 338 g/mol. The first kappa shape index (κ1) is 15.3. The van der Waals surface area contributed by atoms with E-state index < -0.39 is 5.63 Å². The second kappa shape index (κ2) is 6.03. The Bertz CT molecular complexity index is 1140. The first-order valence-electron chi connectivity index (χ1n) is 7.53. The Labute approximate surface area is 146 Å². The number of phenolic OH excluding ortho intramolecular Hbond substituents is 1. The van der Waals surface area contributed by atoms with Gasteiger partial charge in [-0.3, -0.25) is 5.43 Å². The molecule has 0 aliphatic carbocycles. The number of aromatic nitrogens is 1. The lowest BCUT2D eigenvalue weighted by Crippen LogP contribution is -2.00. The number of para-hydroxylation sites is 1. The number of nitrogens with zero attached hydrogens (tertiary/aromatic N) is 2. The van der Waals surface area contributed by atoms with E-state index in [0.29, 0.717) is 16.3 Å². The van der Waals surface area contributed by atoms with Crippen LogP contribution in [0.3, 0.4) is 0 Å². The lowest BCUT2D eigenvalue weighted by atomic mass is 10.1. The molecule has 6 nitrogen and oxygen atoms in total. The van der Waals surface area contributed by atoms with Gasteiger partial charge in [0.15, 0.2) is 5.58 Å². The predicted molar refractivity (Wildman–Crippen MR) is 99.7 cm³/mol. The third-order valence-electron chi connectivity index (χ3n) is 3.78. The monoisotopic (exact) mass is 351 g/mol. The average molecular weight is 351 g/mol. The number of hydrogen-bond acceptors (Lipinski definition) is 7. The van der Waals surface area contributed by atoms with Gasteiger partial charge >= 0.3 is 5.63 Å². The van der Waals surface area contributed by atoms with E-state index in [1.54, 1.807) is 12.1 Å². The summed E-state index contributed by atoms with van der Waals surface area (Å²) in [5.41, 5.74) is 4.69. The molecule has 0 aliphatic heterocycles. The number of fused-ring (bicyclic) bond motifs is 2. The lowest BCUT2D eigenvalue weighted by Gasteiger charge is -2.05. The van der Waals surface area contributed by atoms with Gasteiger partial charge in [0.25, 0.3) is 0 Å². The number of phenols is 1. The Morgan fingerprint density at radius 2 is 2.12 bits per heavy atom. The van der Waals surface area contributed by atoms with Crippen molar-refractivity contribution in [2.24, 2.45) is 5.10 Å². The number of nitrogens with one attached hydrogen (secondary N) is 1. The van der Waals surface area contributed by atoms with Crippen LogP contribution >= 0.6 is 11.3 Å². The minimum Gasteiger partial charge on any atom is -0.507 e. The van der Waals surface area contributed by atoms with Gasteiger partial charge in [-0.1, -0.05) is 23.5 Å². The van der Waals surface area contributed by atoms with Crippen molar-refractivity contribution in [3.8, 4) is 5.75 Å². The fraction of sp³-hybridized carbons (Fsp3) is 0.0556. The molecule has 0 saturated heterocycles. The van der Waals surface area contributed by atoms with Crippen LogP contribution in [0, 0.1) is 6.92 Å². The predicted octanol–water partition coefficient (Wildman–Crippen LogP) is 3.86. The molecule has 0 unspecified atom stereocenters. The van der Waals surface area contributed by atoms with Gasteiger partial charge in [0.1, 0.15) is 5.75 Å². The molecule has 25 heavy (non-hydrogen) atoms. The summed E-state index contributed by atoms with van der Waals surface area (Å²) in [5, 5.41) is 15.6. The molecule has 2 heterocycles. The van der Waals surface area contributed by atoms with Crippen LogP contribution in [0.4, 0.5) is 5.13 Å². The number of benzene rings is 2. The highest BCUT2D eigenvalue weighted by molar-refractivity contribution is 7.22. The normalized spacial score (nSPS) is 11.6. The van der Waals surface area contributed by atoms with E-state index in [0.717, 1.165) is 21.2 Å². The standard InChI is InChI=1S/C18H13N3O3S/c1-10-8-16(23)24-17-11(10)6-7-14(22)12(17)9-19-21-18-20-13-4-2-3-5-15(13)25-18/h2-9,22H,1H3,(H,20,21)/b19-9-. The maximum Gasteiger partial charge on any atom is 0.336 e. The van der Waals surface area contributed by atoms with Crippen LogP contribution in [0.5, 0.6) is 5.75 Å². The third kappa shape index (κ3) is 2.85. The molecule has 4 aromatic rings. The van der Waals surface area contributed by atoms with Crippen LogP contribution in [0.15, 0.2) is 56.8 Å². The highest BCUT2D eigenvalue weighted by Crippen LogP contribution is 2.27. The van der Waals surface area contributed by atoms with Crippen LogP contribution < -0.4 is 11.1 Å². The number of anilines is 1. The van der Waals surface area contributed by atoms with Crippen LogP contribution in [0.2, 0.25) is 0 Å². The van der Waals surface area contributed by atoms with E-state index >= 15 is 0 Å². The van der Waals surface area contributed by atoms with E-state index in [1.165, 1.54) is 23.6 Å². The van der Waals surface area contributed by atoms with Gasteiger partial charge < -0.3 is 9.52 Å². The van der Waals surface area contributed by atoms with E-state index in [2.05, 4.69) is 15.5 Å². The van der Waals surface area contributed by atoms with E-state index in [1.807, 2.05) is 31.2 Å². The van der Waals surface area contributed by atoms with Crippen molar-refractivity contribution in [3.05, 3.63) is 64.0 Å². The van der Waals surface area contributed by atoms with Crippen molar-refractivity contribution in [2.45, 2.75) is 6.92 Å². The van der Waals surface area contributed by atoms with Gasteiger partial charge in [-0.2, -0.15) is 5.10 Å². The van der Waals surface area contributed by atoms with Crippen LogP contribution in [-0.4, -0.2) is 16.3 Å². The Balaban J connectivity index is 1.71. The first-order valence-corrected chi connectivity index (χ1v) is 8.34. The molecule has 7 heteroatoms.